The van der Waals surface area contributed by atoms with E-state index < -0.39 is 0 Å². The number of carbonyl (C=O) groups is 2. The quantitative estimate of drug-likeness (QED) is 0.506. The number of nitrogens with one attached hydrogen (secondary N) is 2. The van der Waals surface area contributed by atoms with Gasteiger partial charge < -0.3 is 5.32 Å². The zero-order valence-electron chi connectivity index (χ0n) is 14.3. The SMILES string of the molecule is CCc1cc(=O)[nH]c2nnc(SCC(=O)Nc3ccc(C(C)=O)cc3)n12. The molecule has 0 atom stereocenters. The van der Waals surface area contributed by atoms with E-state index in [2.05, 4.69) is 20.5 Å². The highest BCUT2D eigenvalue weighted by molar-refractivity contribution is 7.99. The summed E-state index contributed by atoms with van der Waals surface area (Å²) in [5, 5.41) is 11.3. The summed E-state index contributed by atoms with van der Waals surface area (Å²) in [6.07, 6.45) is 0.640. The molecule has 0 aliphatic rings. The number of fused-ring (bicyclic) bond motifs is 1. The molecule has 0 saturated carbocycles. The first-order chi connectivity index (χ1) is 12.5. The Morgan fingerprint density at radius 3 is 2.62 bits per heavy atom. The minimum atomic E-state index is -0.231. The van der Waals surface area contributed by atoms with Crippen LogP contribution in [0.2, 0.25) is 0 Å². The van der Waals surface area contributed by atoms with Crippen molar-refractivity contribution < 1.29 is 9.59 Å². The van der Waals surface area contributed by atoms with E-state index in [9.17, 15) is 14.4 Å². The third-order valence-corrected chi connectivity index (χ3v) is 4.65. The lowest BCUT2D eigenvalue weighted by atomic mass is 10.1. The van der Waals surface area contributed by atoms with Crippen molar-refractivity contribution in [3.8, 4) is 0 Å². The zero-order valence-corrected chi connectivity index (χ0v) is 15.1. The molecule has 3 rings (SSSR count). The first-order valence-electron chi connectivity index (χ1n) is 7.99. The van der Waals surface area contributed by atoms with Crippen molar-refractivity contribution >= 4 is 34.9 Å². The Morgan fingerprint density at radius 1 is 1.23 bits per heavy atom. The van der Waals surface area contributed by atoms with Crippen LogP contribution in [-0.4, -0.2) is 37.0 Å². The van der Waals surface area contributed by atoms with E-state index in [0.29, 0.717) is 28.6 Å². The molecule has 134 valence electrons. The second-order valence-electron chi connectivity index (χ2n) is 5.59. The number of ketones is 1. The van der Waals surface area contributed by atoms with E-state index >= 15 is 0 Å². The van der Waals surface area contributed by atoms with Crippen molar-refractivity contribution in [2.45, 2.75) is 25.4 Å². The smallest absolute Gasteiger partial charge is 0.252 e. The maximum absolute atomic E-state index is 12.2. The fourth-order valence-corrected chi connectivity index (χ4v) is 3.20. The third-order valence-electron chi connectivity index (χ3n) is 3.72. The summed E-state index contributed by atoms with van der Waals surface area (Å²) in [5.74, 6) is 0.265. The molecule has 2 heterocycles. The fraction of sp³-hybridized carbons (Fsp3) is 0.235. The molecule has 1 aromatic carbocycles. The second-order valence-corrected chi connectivity index (χ2v) is 6.53. The van der Waals surface area contributed by atoms with Crippen molar-refractivity contribution in [1.29, 1.82) is 0 Å². The summed E-state index contributed by atoms with van der Waals surface area (Å²) >= 11 is 1.23. The molecule has 3 aromatic rings. The summed E-state index contributed by atoms with van der Waals surface area (Å²) < 4.78 is 1.74. The number of benzene rings is 1. The molecular weight excluding hydrogens is 354 g/mol. The van der Waals surface area contributed by atoms with Crippen LogP contribution < -0.4 is 10.9 Å². The number of thioether (sulfide) groups is 1. The normalized spacial score (nSPS) is 10.8. The van der Waals surface area contributed by atoms with Crippen molar-refractivity contribution in [3.05, 3.63) is 51.9 Å². The summed E-state index contributed by atoms with van der Waals surface area (Å²) in [6.45, 7) is 3.42. The van der Waals surface area contributed by atoms with Crippen LogP contribution in [0, 0.1) is 0 Å². The standard InChI is InChI=1S/C17H17N5O3S/c1-3-13-8-14(24)19-16-20-21-17(22(13)16)26-9-15(25)18-12-6-4-11(5-7-12)10(2)23/h4-8H,3,9H2,1-2H3,(H,18,25)(H,19,20,24). The summed E-state index contributed by atoms with van der Waals surface area (Å²) in [6, 6.07) is 8.20. The Balaban J connectivity index is 1.69. The molecule has 2 aromatic heterocycles. The van der Waals surface area contributed by atoms with Crippen molar-refractivity contribution in [3.63, 3.8) is 0 Å². The molecule has 0 spiro atoms. The monoisotopic (exact) mass is 371 g/mol. The van der Waals surface area contributed by atoms with E-state index in [4.69, 9.17) is 0 Å². The maximum atomic E-state index is 12.2. The first-order valence-corrected chi connectivity index (χ1v) is 8.97. The minimum absolute atomic E-state index is 0.0260. The number of hydrogen-bond acceptors (Lipinski definition) is 6. The molecule has 0 aliphatic heterocycles. The summed E-state index contributed by atoms with van der Waals surface area (Å²) in [5.41, 5.74) is 1.75. The van der Waals surface area contributed by atoms with Gasteiger partial charge in [-0.15, -0.1) is 10.2 Å². The Hall–Kier alpha value is -2.94. The van der Waals surface area contributed by atoms with Crippen LogP contribution in [0.4, 0.5) is 5.69 Å². The van der Waals surface area contributed by atoms with Gasteiger partial charge in [-0.3, -0.25) is 23.8 Å². The largest absolute Gasteiger partial charge is 0.325 e. The summed E-state index contributed by atoms with van der Waals surface area (Å²) in [4.78, 5) is 37.6. The van der Waals surface area contributed by atoms with Crippen LogP contribution >= 0.6 is 11.8 Å². The van der Waals surface area contributed by atoms with Gasteiger partial charge in [-0.1, -0.05) is 18.7 Å². The lowest BCUT2D eigenvalue weighted by molar-refractivity contribution is -0.113. The van der Waals surface area contributed by atoms with Gasteiger partial charge in [-0.2, -0.15) is 0 Å². The van der Waals surface area contributed by atoms with Gasteiger partial charge in [0.15, 0.2) is 10.9 Å². The highest BCUT2D eigenvalue weighted by atomic mass is 32.2. The predicted octanol–water partition coefficient (Wildman–Crippen LogP) is 1.91. The number of Topliss-reactive ketones (excluding diaryl/α,β-unsaturated/α-hetero) is 1. The van der Waals surface area contributed by atoms with Crippen LogP contribution in [0.1, 0.15) is 29.9 Å². The van der Waals surface area contributed by atoms with Crippen LogP contribution in [-0.2, 0) is 11.2 Å². The molecule has 0 unspecified atom stereocenters. The van der Waals surface area contributed by atoms with E-state index in [0.717, 1.165) is 5.69 Å². The number of amides is 1. The molecule has 0 fully saturated rings. The van der Waals surface area contributed by atoms with Gasteiger partial charge in [-0.05, 0) is 37.6 Å². The van der Waals surface area contributed by atoms with E-state index in [1.165, 1.54) is 24.8 Å². The first kappa shape index (κ1) is 17.9. The Labute approximate surface area is 153 Å². The number of rotatable bonds is 6. The lowest BCUT2D eigenvalue weighted by Gasteiger charge is -2.06. The van der Waals surface area contributed by atoms with Crippen molar-refractivity contribution in [2.75, 3.05) is 11.1 Å². The molecule has 9 heteroatoms. The molecular formula is C17H17N5O3S. The number of aromatic amines is 1. The molecule has 0 saturated heterocycles. The van der Waals surface area contributed by atoms with Gasteiger partial charge in [0.25, 0.3) is 5.56 Å². The topological polar surface area (TPSA) is 109 Å². The number of aromatic nitrogens is 4. The number of nitrogens with zero attached hydrogens (tertiary/aromatic N) is 3. The Morgan fingerprint density at radius 2 is 1.96 bits per heavy atom. The molecule has 1 amide bonds. The van der Waals surface area contributed by atoms with Gasteiger partial charge in [0.2, 0.25) is 11.7 Å². The van der Waals surface area contributed by atoms with E-state index in [-0.39, 0.29) is 23.0 Å². The number of H-pyrrole nitrogens is 1. The van der Waals surface area contributed by atoms with Gasteiger partial charge in [0.05, 0.1) is 5.75 Å². The third kappa shape index (κ3) is 3.83. The van der Waals surface area contributed by atoms with Gasteiger partial charge >= 0.3 is 0 Å². The van der Waals surface area contributed by atoms with E-state index in [1.54, 1.807) is 28.7 Å². The second kappa shape index (κ2) is 7.52. The number of hydrogen-bond donors (Lipinski definition) is 2. The molecule has 0 bridgehead atoms. The summed E-state index contributed by atoms with van der Waals surface area (Å²) in [7, 11) is 0. The van der Waals surface area contributed by atoms with Gasteiger partial charge in [0, 0.05) is 23.0 Å². The van der Waals surface area contributed by atoms with Gasteiger partial charge in [0.1, 0.15) is 0 Å². The number of aryl methyl sites for hydroxylation is 1. The Bertz CT molecular complexity index is 1020. The van der Waals surface area contributed by atoms with Crippen molar-refractivity contribution in [1.82, 2.24) is 19.6 Å². The van der Waals surface area contributed by atoms with Crippen LogP contribution in [0.15, 0.2) is 40.3 Å². The average molecular weight is 371 g/mol. The molecule has 8 nitrogen and oxygen atoms in total. The van der Waals surface area contributed by atoms with Crippen LogP contribution in [0.3, 0.4) is 0 Å². The highest BCUT2D eigenvalue weighted by Gasteiger charge is 2.13. The highest BCUT2D eigenvalue weighted by Crippen LogP contribution is 2.18. The lowest BCUT2D eigenvalue weighted by Crippen LogP contribution is -2.15. The number of anilines is 1. The molecule has 26 heavy (non-hydrogen) atoms. The van der Waals surface area contributed by atoms with E-state index in [1.807, 2.05) is 6.92 Å². The molecule has 0 aliphatic carbocycles. The molecule has 2 N–H and O–H groups in total. The maximum Gasteiger partial charge on any atom is 0.252 e. The minimum Gasteiger partial charge on any atom is -0.325 e. The molecule has 0 radical (unpaired) electrons. The average Bonchev–Trinajstić information content (AvgIpc) is 3.02. The fourth-order valence-electron chi connectivity index (χ4n) is 2.44. The number of carbonyl (C=O) groups excluding carboxylic acids is 2. The van der Waals surface area contributed by atoms with Crippen LogP contribution in [0.5, 0.6) is 0 Å². The van der Waals surface area contributed by atoms with Crippen molar-refractivity contribution in [2.24, 2.45) is 0 Å². The van der Waals surface area contributed by atoms with Crippen LogP contribution in [0.25, 0.3) is 5.78 Å². The van der Waals surface area contributed by atoms with Gasteiger partial charge in [-0.25, -0.2) is 0 Å². The predicted molar refractivity (Wildman–Crippen MR) is 98.8 cm³/mol. The zero-order chi connectivity index (χ0) is 18.7. The Kier molecular flexibility index (Phi) is 5.17.